The highest BCUT2D eigenvalue weighted by atomic mass is 35.5. The Morgan fingerprint density at radius 2 is 1.73 bits per heavy atom. The molecule has 1 aromatic carbocycles. The van der Waals surface area contributed by atoms with Crippen LogP contribution in [0, 0.1) is 0 Å². The standard InChI is InChI=1S/C11H8Cl2N2/c12-8-5-7(6-9(13)11(8)14)10-3-1-2-4-15-10/h1-6H,14H2. The lowest BCUT2D eigenvalue weighted by molar-refractivity contribution is 1.33. The Morgan fingerprint density at radius 3 is 2.27 bits per heavy atom. The minimum Gasteiger partial charge on any atom is -0.396 e. The first-order valence-corrected chi connectivity index (χ1v) is 5.10. The van der Waals surface area contributed by atoms with Gasteiger partial charge in [-0.2, -0.15) is 0 Å². The molecule has 0 spiro atoms. The number of aromatic nitrogens is 1. The molecular formula is C11H8Cl2N2. The molecule has 4 heteroatoms. The van der Waals surface area contributed by atoms with Gasteiger partial charge in [0.05, 0.1) is 21.4 Å². The van der Waals surface area contributed by atoms with Crippen LogP contribution in [-0.2, 0) is 0 Å². The maximum absolute atomic E-state index is 5.93. The van der Waals surface area contributed by atoms with Crippen LogP contribution in [0.2, 0.25) is 10.0 Å². The van der Waals surface area contributed by atoms with Gasteiger partial charge in [0.15, 0.2) is 0 Å². The molecule has 0 bridgehead atoms. The Hall–Kier alpha value is -1.25. The number of hydrogen-bond acceptors (Lipinski definition) is 2. The predicted octanol–water partition coefficient (Wildman–Crippen LogP) is 3.64. The fourth-order valence-electron chi connectivity index (χ4n) is 1.27. The van der Waals surface area contributed by atoms with E-state index in [9.17, 15) is 0 Å². The predicted molar refractivity (Wildman–Crippen MR) is 64.1 cm³/mol. The van der Waals surface area contributed by atoms with Gasteiger partial charge in [0.1, 0.15) is 0 Å². The van der Waals surface area contributed by atoms with Crippen molar-refractivity contribution in [1.82, 2.24) is 4.98 Å². The van der Waals surface area contributed by atoms with Crippen LogP contribution in [0.5, 0.6) is 0 Å². The number of hydrogen-bond donors (Lipinski definition) is 1. The van der Waals surface area contributed by atoms with Gasteiger partial charge >= 0.3 is 0 Å². The SMILES string of the molecule is Nc1c(Cl)cc(-c2ccccn2)cc1Cl. The van der Waals surface area contributed by atoms with Crippen molar-refractivity contribution in [3.8, 4) is 11.3 Å². The molecular weight excluding hydrogens is 231 g/mol. The van der Waals surface area contributed by atoms with E-state index in [4.69, 9.17) is 28.9 Å². The Morgan fingerprint density at radius 1 is 1.07 bits per heavy atom. The minimum absolute atomic E-state index is 0.401. The van der Waals surface area contributed by atoms with Gasteiger partial charge in [-0.25, -0.2) is 0 Å². The van der Waals surface area contributed by atoms with Gasteiger partial charge in [0, 0.05) is 11.8 Å². The molecule has 76 valence electrons. The molecule has 2 N–H and O–H groups in total. The van der Waals surface area contributed by atoms with Crippen molar-refractivity contribution in [3.05, 3.63) is 46.6 Å². The van der Waals surface area contributed by atoms with Crippen molar-refractivity contribution in [2.45, 2.75) is 0 Å². The molecule has 0 fully saturated rings. The molecule has 0 saturated carbocycles. The smallest absolute Gasteiger partial charge is 0.0703 e. The minimum atomic E-state index is 0.401. The number of nitrogens with two attached hydrogens (primary N) is 1. The van der Waals surface area contributed by atoms with E-state index in [2.05, 4.69) is 4.98 Å². The summed E-state index contributed by atoms with van der Waals surface area (Å²) in [6.07, 6.45) is 1.72. The zero-order valence-corrected chi connectivity index (χ0v) is 9.26. The summed E-state index contributed by atoms with van der Waals surface area (Å²) in [7, 11) is 0. The second kappa shape index (κ2) is 4.09. The van der Waals surface area contributed by atoms with Crippen LogP contribution >= 0.6 is 23.2 Å². The van der Waals surface area contributed by atoms with Crippen LogP contribution < -0.4 is 5.73 Å². The van der Waals surface area contributed by atoms with E-state index in [1.807, 2.05) is 18.2 Å². The summed E-state index contributed by atoms with van der Waals surface area (Å²) in [6, 6.07) is 9.15. The molecule has 15 heavy (non-hydrogen) atoms. The molecule has 0 amide bonds. The second-order valence-electron chi connectivity index (χ2n) is 3.07. The topological polar surface area (TPSA) is 38.9 Å². The lowest BCUT2D eigenvalue weighted by Crippen LogP contribution is -1.90. The first-order chi connectivity index (χ1) is 7.18. The molecule has 0 aliphatic heterocycles. The quantitative estimate of drug-likeness (QED) is 0.771. The van der Waals surface area contributed by atoms with E-state index in [-0.39, 0.29) is 0 Å². The van der Waals surface area contributed by atoms with E-state index in [1.54, 1.807) is 18.3 Å². The monoisotopic (exact) mass is 238 g/mol. The van der Waals surface area contributed by atoms with E-state index < -0.39 is 0 Å². The average Bonchev–Trinajstić information content (AvgIpc) is 2.26. The lowest BCUT2D eigenvalue weighted by Gasteiger charge is -2.05. The zero-order chi connectivity index (χ0) is 10.8. The van der Waals surface area contributed by atoms with Gasteiger partial charge in [-0.1, -0.05) is 29.3 Å². The van der Waals surface area contributed by atoms with Gasteiger partial charge < -0.3 is 5.73 Å². The number of nitrogen functional groups attached to an aromatic ring is 1. The highest BCUT2D eigenvalue weighted by molar-refractivity contribution is 6.39. The summed E-state index contributed by atoms with van der Waals surface area (Å²) in [5.41, 5.74) is 7.73. The van der Waals surface area contributed by atoms with Crippen molar-refractivity contribution >= 4 is 28.9 Å². The van der Waals surface area contributed by atoms with Crippen LogP contribution in [0.25, 0.3) is 11.3 Å². The molecule has 1 heterocycles. The summed E-state index contributed by atoms with van der Waals surface area (Å²) < 4.78 is 0. The third-order valence-electron chi connectivity index (χ3n) is 2.04. The molecule has 1 aromatic heterocycles. The Labute approximate surface area is 97.7 Å². The van der Waals surface area contributed by atoms with E-state index >= 15 is 0 Å². The molecule has 0 aliphatic carbocycles. The van der Waals surface area contributed by atoms with Crippen molar-refractivity contribution in [2.75, 3.05) is 5.73 Å². The van der Waals surface area contributed by atoms with Gasteiger partial charge in [-0.05, 0) is 24.3 Å². The Bertz CT molecular complexity index is 460. The first kappa shape index (κ1) is 10.3. The van der Waals surface area contributed by atoms with Crippen LogP contribution in [0.4, 0.5) is 5.69 Å². The van der Waals surface area contributed by atoms with E-state index in [0.29, 0.717) is 15.7 Å². The van der Waals surface area contributed by atoms with Gasteiger partial charge in [0.2, 0.25) is 0 Å². The normalized spacial score (nSPS) is 10.3. The van der Waals surface area contributed by atoms with Crippen molar-refractivity contribution in [1.29, 1.82) is 0 Å². The highest BCUT2D eigenvalue weighted by Gasteiger charge is 2.06. The fraction of sp³-hybridized carbons (Fsp3) is 0. The largest absolute Gasteiger partial charge is 0.396 e. The third kappa shape index (κ3) is 2.06. The Kier molecular flexibility index (Phi) is 2.80. The van der Waals surface area contributed by atoms with E-state index in [1.165, 1.54) is 0 Å². The summed E-state index contributed by atoms with van der Waals surface area (Å²) in [5, 5.41) is 0.895. The van der Waals surface area contributed by atoms with Gasteiger partial charge in [0.25, 0.3) is 0 Å². The number of rotatable bonds is 1. The average molecular weight is 239 g/mol. The number of benzene rings is 1. The van der Waals surface area contributed by atoms with Crippen molar-refractivity contribution < 1.29 is 0 Å². The number of nitrogens with zero attached hydrogens (tertiary/aromatic N) is 1. The number of anilines is 1. The number of halogens is 2. The molecule has 2 nitrogen and oxygen atoms in total. The van der Waals surface area contributed by atoms with Crippen molar-refractivity contribution in [2.24, 2.45) is 0 Å². The Balaban J connectivity index is 2.56. The molecule has 0 atom stereocenters. The maximum atomic E-state index is 5.93. The molecule has 0 saturated heterocycles. The lowest BCUT2D eigenvalue weighted by atomic mass is 10.1. The summed E-state index contributed by atoms with van der Waals surface area (Å²) >= 11 is 11.9. The molecule has 0 radical (unpaired) electrons. The third-order valence-corrected chi connectivity index (χ3v) is 2.67. The zero-order valence-electron chi connectivity index (χ0n) is 7.74. The highest BCUT2D eigenvalue weighted by Crippen LogP contribution is 2.32. The summed E-state index contributed by atoms with van der Waals surface area (Å²) in [6.45, 7) is 0. The second-order valence-corrected chi connectivity index (χ2v) is 3.88. The van der Waals surface area contributed by atoms with E-state index in [0.717, 1.165) is 11.3 Å². The van der Waals surface area contributed by atoms with Gasteiger partial charge in [-0.3, -0.25) is 4.98 Å². The van der Waals surface area contributed by atoms with Crippen LogP contribution in [-0.4, -0.2) is 4.98 Å². The van der Waals surface area contributed by atoms with Crippen LogP contribution in [0.15, 0.2) is 36.5 Å². The van der Waals surface area contributed by atoms with Crippen LogP contribution in [0.3, 0.4) is 0 Å². The fourth-order valence-corrected chi connectivity index (χ4v) is 1.75. The first-order valence-electron chi connectivity index (χ1n) is 4.34. The van der Waals surface area contributed by atoms with Gasteiger partial charge in [-0.15, -0.1) is 0 Å². The van der Waals surface area contributed by atoms with Crippen molar-refractivity contribution in [3.63, 3.8) is 0 Å². The molecule has 2 rings (SSSR count). The summed E-state index contributed by atoms with van der Waals surface area (Å²) in [4.78, 5) is 4.20. The molecule has 0 unspecified atom stereocenters. The molecule has 2 aromatic rings. The maximum Gasteiger partial charge on any atom is 0.0703 e. The van der Waals surface area contributed by atoms with Crippen LogP contribution in [0.1, 0.15) is 0 Å². The molecule has 0 aliphatic rings. The number of pyridine rings is 1. The summed E-state index contributed by atoms with van der Waals surface area (Å²) in [5.74, 6) is 0.